The molecule has 0 saturated carbocycles. The number of hydrogen-bond donors (Lipinski definition) is 3. The number of pyridine rings is 1. The molecular weight excluding hydrogens is 360 g/mol. The van der Waals surface area contributed by atoms with Crippen molar-refractivity contribution < 1.29 is 19.4 Å². The lowest BCUT2D eigenvalue weighted by Crippen LogP contribution is -2.46. The molecule has 3 rings (SSSR count). The molecule has 1 aliphatic rings. The van der Waals surface area contributed by atoms with Gasteiger partial charge >= 0.3 is 0 Å². The summed E-state index contributed by atoms with van der Waals surface area (Å²) in [6.07, 6.45) is 3.30. The smallest absolute Gasteiger partial charge is 0.249 e. The molecule has 28 heavy (non-hydrogen) atoms. The van der Waals surface area contributed by atoms with Crippen LogP contribution >= 0.6 is 0 Å². The van der Waals surface area contributed by atoms with E-state index in [4.69, 9.17) is 4.74 Å². The summed E-state index contributed by atoms with van der Waals surface area (Å²) in [5, 5.41) is 14.8. The number of carbonyl (C=O) groups is 2. The molecule has 0 aliphatic carbocycles. The Morgan fingerprint density at radius 3 is 2.43 bits per heavy atom. The van der Waals surface area contributed by atoms with Crippen molar-refractivity contribution in [1.82, 2.24) is 10.3 Å². The number of carbonyl (C=O) groups excluding carboxylic acids is 2. The summed E-state index contributed by atoms with van der Waals surface area (Å²) < 4.78 is 5.35. The Balaban J connectivity index is 1.53. The van der Waals surface area contributed by atoms with Crippen molar-refractivity contribution >= 4 is 23.2 Å². The molecule has 1 aromatic carbocycles. The fourth-order valence-corrected chi connectivity index (χ4v) is 2.93. The largest absolute Gasteiger partial charge is 0.394 e. The molecule has 1 unspecified atom stereocenters. The number of nitrogens with zero attached hydrogens (tertiary/aromatic N) is 2. The predicted octanol–water partition coefficient (Wildman–Crippen LogP) is 0.576. The van der Waals surface area contributed by atoms with Crippen LogP contribution in [-0.2, 0) is 20.7 Å². The first-order chi connectivity index (χ1) is 13.7. The Kier molecular flexibility index (Phi) is 6.94. The SMILES string of the molecule is O=C(Cc1ccncc1)NC(CO)C(=O)Nc1ccc(N2CCOCC2)cc1. The molecule has 2 heterocycles. The number of nitrogens with one attached hydrogen (secondary N) is 2. The van der Waals surface area contributed by atoms with E-state index in [0.717, 1.165) is 24.3 Å². The monoisotopic (exact) mass is 384 g/mol. The van der Waals surface area contributed by atoms with Gasteiger partial charge in [-0.2, -0.15) is 0 Å². The molecule has 2 amide bonds. The van der Waals surface area contributed by atoms with Gasteiger partial charge in [0.15, 0.2) is 0 Å². The van der Waals surface area contributed by atoms with Gasteiger partial charge in [-0.25, -0.2) is 0 Å². The quantitative estimate of drug-likeness (QED) is 0.645. The van der Waals surface area contributed by atoms with Crippen molar-refractivity contribution in [1.29, 1.82) is 0 Å². The number of aromatic nitrogens is 1. The number of aliphatic hydroxyl groups is 1. The lowest BCUT2D eigenvalue weighted by atomic mass is 10.1. The molecule has 1 fully saturated rings. The van der Waals surface area contributed by atoms with Crippen LogP contribution in [0.2, 0.25) is 0 Å². The van der Waals surface area contributed by atoms with Crippen molar-refractivity contribution in [3.05, 3.63) is 54.4 Å². The minimum Gasteiger partial charge on any atom is -0.394 e. The summed E-state index contributed by atoms with van der Waals surface area (Å²) in [6, 6.07) is 9.89. The highest BCUT2D eigenvalue weighted by atomic mass is 16.5. The molecule has 1 aliphatic heterocycles. The van der Waals surface area contributed by atoms with Crippen LogP contribution in [0.4, 0.5) is 11.4 Å². The van der Waals surface area contributed by atoms with Gasteiger partial charge in [0.05, 0.1) is 26.2 Å². The van der Waals surface area contributed by atoms with Crippen molar-refractivity contribution in [2.75, 3.05) is 43.1 Å². The van der Waals surface area contributed by atoms with Gasteiger partial charge < -0.3 is 25.4 Å². The van der Waals surface area contributed by atoms with Crippen molar-refractivity contribution in [3.8, 4) is 0 Å². The van der Waals surface area contributed by atoms with Crippen LogP contribution in [-0.4, -0.2) is 60.9 Å². The van der Waals surface area contributed by atoms with Gasteiger partial charge in [-0.15, -0.1) is 0 Å². The van der Waals surface area contributed by atoms with E-state index in [2.05, 4.69) is 20.5 Å². The first-order valence-electron chi connectivity index (χ1n) is 9.18. The molecule has 148 valence electrons. The van der Waals surface area contributed by atoms with Gasteiger partial charge in [-0.1, -0.05) is 0 Å². The van der Waals surface area contributed by atoms with Crippen LogP contribution in [0.3, 0.4) is 0 Å². The molecule has 0 spiro atoms. The Morgan fingerprint density at radius 1 is 1.11 bits per heavy atom. The van der Waals surface area contributed by atoms with Crippen molar-refractivity contribution in [2.24, 2.45) is 0 Å². The van der Waals surface area contributed by atoms with E-state index in [-0.39, 0.29) is 12.3 Å². The van der Waals surface area contributed by atoms with E-state index in [0.29, 0.717) is 18.9 Å². The highest BCUT2D eigenvalue weighted by Crippen LogP contribution is 2.19. The lowest BCUT2D eigenvalue weighted by molar-refractivity contribution is -0.126. The minimum atomic E-state index is -1.02. The van der Waals surface area contributed by atoms with Gasteiger partial charge in [-0.3, -0.25) is 14.6 Å². The van der Waals surface area contributed by atoms with E-state index in [1.807, 2.05) is 12.1 Å². The Labute approximate surface area is 163 Å². The van der Waals surface area contributed by atoms with Crippen LogP contribution < -0.4 is 15.5 Å². The van der Waals surface area contributed by atoms with E-state index < -0.39 is 18.6 Å². The topological polar surface area (TPSA) is 104 Å². The highest BCUT2D eigenvalue weighted by molar-refractivity contribution is 5.97. The number of rotatable bonds is 7. The number of benzene rings is 1. The number of morpholine rings is 1. The van der Waals surface area contributed by atoms with Crippen molar-refractivity contribution in [2.45, 2.75) is 12.5 Å². The van der Waals surface area contributed by atoms with Crippen LogP contribution in [0, 0.1) is 0 Å². The molecule has 1 saturated heterocycles. The molecule has 1 atom stereocenters. The Bertz CT molecular complexity index is 777. The van der Waals surface area contributed by atoms with Crippen LogP contribution in [0.1, 0.15) is 5.56 Å². The molecular formula is C20H24N4O4. The number of anilines is 2. The van der Waals surface area contributed by atoms with Gasteiger partial charge in [-0.05, 0) is 42.0 Å². The molecule has 8 nitrogen and oxygen atoms in total. The van der Waals surface area contributed by atoms with Gasteiger partial charge in [0, 0.05) is 36.9 Å². The molecule has 8 heteroatoms. The summed E-state index contributed by atoms with van der Waals surface area (Å²) in [7, 11) is 0. The van der Waals surface area contributed by atoms with Crippen LogP contribution in [0.5, 0.6) is 0 Å². The third kappa shape index (κ3) is 5.51. The number of amides is 2. The molecule has 1 aromatic heterocycles. The summed E-state index contributed by atoms with van der Waals surface area (Å²) in [4.78, 5) is 30.6. The maximum Gasteiger partial charge on any atom is 0.249 e. The van der Waals surface area contributed by atoms with Gasteiger partial charge in [0.25, 0.3) is 0 Å². The van der Waals surface area contributed by atoms with E-state index in [1.165, 1.54) is 0 Å². The fourth-order valence-electron chi connectivity index (χ4n) is 2.93. The van der Waals surface area contributed by atoms with Gasteiger partial charge in [0.2, 0.25) is 11.8 Å². The molecule has 0 radical (unpaired) electrons. The number of aliphatic hydroxyl groups excluding tert-OH is 1. The third-order valence-corrected chi connectivity index (χ3v) is 4.46. The maximum atomic E-state index is 12.4. The zero-order chi connectivity index (χ0) is 19.8. The highest BCUT2D eigenvalue weighted by Gasteiger charge is 2.20. The Morgan fingerprint density at radius 2 is 1.79 bits per heavy atom. The average Bonchev–Trinajstić information content (AvgIpc) is 2.74. The average molecular weight is 384 g/mol. The zero-order valence-corrected chi connectivity index (χ0v) is 15.5. The normalized spacial score (nSPS) is 15.0. The third-order valence-electron chi connectivity index (χ3n) is 4.46. The number of ether oxygens (including phenoxy) is 1. The summed E-state index contributed by atoms with van der Waals surface area (Å²) in [6.45, 7) is 2.59. The fraction of sp³-hybridized carbons (Fsp3) is 0.350. The predicted molar refractivity (Wildman–Crippen MR) is 105 cm³/mol. The van der Waals surface area contributed by atoms with Gasteiger partial charge in [0.1, 0.15) is 6.04 Å². The van der Waals surface area contributed by atoms with Crippen LogP contribution in [0.25, 0.3) is 0 Å². The first kappa shape index (κ1) is 19.8. The van der Waals surface area contributed by atoms with Crippen molar-refractivity contribution in [3.63, 3.8) is 0 Å². The van der Waals surface area contributed by atoms with E-state index in [9.17, 15) is 14.7 Å². The molecule has 2 aromatic rings. The zero-order valence-electron chi connectivity index (χ0n) is 15.5. The second-order valence-electron chi connectivity index (χ2n) is 6.47. The number of hydrogen-bond acceptors (Lipinski definition) is 6. The second kappa shape index (κ2) is 9.82. The lowest BCUT2D eigenvalue weighted by Gasteiger charge is -2.29. The standard InChI is InChI=1S/C20H24N4O4/c25-14-18(23-19(26)13-15-5-7-21-8-6-15)20(27)22-16-1-3-17(4-2-16)24-9-11-28-12-10-24/h1-8,18,25H,9-14H2,(H,22,27)(H,23,26). The summed E-state index contributed by atoms with van der Waals surface area (Å²) >= 11 is 0. The van der Waals surface area contributed by atoms with E-state index >= 15 is 0 Å². The van der Waals surface area contributed by atoms with E-state index in [1.54, 1.807) is 36.7 Å². The first-order valence-corrected chi connectivity index (χ1v) is 9.18. The molecule has 0 bridgehead atoms. The minimum absolute atomic E-state index is 0.112. The Hall–Kier alpha value is -2.97. The summed E-state index contributed by atoms with van der Waals surface area (Å²) in [5.74, 6) is -0.812. The maximum absolute atomic E-state index is 12.4. The summed E-state index contributed by atoms with van der Waals surface area (Å²) in [5.41, 5.74) is 2.44. The van der Waals surface area contributed by atoms with Crippen LogP contribution in [0.15, 0.2) is 48.8 Å². The second-order valence-corrected chi connectivity index (χ2v) is 6.47. The molecule has 3 N–H and O–H groups in total.